The van der Waals surface area contributed by atoms with Crippen LogP contribution in [0.3, 0.4) is 0 Å². The molecule has 0 saturated heterocycles. The Balaban J connectivity index is 1.89. The number of pyridine rings is 2. The molecule has 2 aromatic rings. The van der Waals surface area contributed by atoms with Crippen molar-refractivity contribution in [3.05, 3.63) is 23.9 Å². The summed E-state index contributed by atoms with van der Waals surface area (Å²) in [4.78, 5) is 22.2. The average molecular weight is 387 g/mol. The van der Waals surface area contributed by atoms with Gasteiger partial charge in [-0.3, -0.25) is 9.78 Å². The molecular weight excluding hydrogens is 375 g/mol. The second-order valence-electron chi connectivity index (χ2n) is 6.32. The summed E-state index contributed by atoms with van der Waals surface area (Å²) in [6.45, 7) is 0. The lowest BCUT2D eigenvalue weighted by Crippen LogP contribution is -2.44. The molecular formula is C15H12F3N3O4S. The third-order valence-corrected chi connectivity index (χ3v) is 5.86. The van der Waals surface area contributed by atoms with E-state index in [0.29, 0.717) is 29.6 Å². The van der Waals surface area contributed by atoms with E-state index >= 15 is 0 Å². The maximum Gasteiger partial charge on any atom is 0.534 e. The van der Waals surface area contributed by atoms with Crippen LogP contribution >= 0.6 is 0 Å². The van der Waals surface area contributed by atoms with Crippen molar-refractivity contribution in [1.82, 2.24) is 9.97 Å². The van der Waals surface area contributed by atoms with Crippen molar-refractivity contribution >= 4 is 32.7 Å². The van der Waals surface area contributed by atoms with Crippen molar-refractivity contribution in [3.63, 3.8) is 0 Å². The normalized spacial score (nSPS) is 18.9. The molecule has 1 fully saturated rings. The number of nitrogens with zero attached hydrogens (tertiary/aromatic N) is 3. The first-order chi connectivity index (χ1) is 12.1. The molecule has 4 rings (SSSR count). The van der Waals surface area contributed by atoms with Gasteiger partial charge < -0.3 is 9.08 Å². The van der Waals surface area contributed by atoms with E-state index in [4.69, 9.17) is 0 Å². The smallest absolute Gasteiger partial charge is 0.355 e. The molecule has 11 heteroatoms. The summed E-state index contributed by atoms with van der Waals surface area (Å²) in [6, 6.07) is 2.32. The van der Waals surface area contributed by atoms with E-state index in [-0.39, 0.29) is 11.4 Å². The lowest BCUT2D eigenvalue weighted by molar-refractivity contribution is -0.125. The van der Waals surface area contributed by atoms with Crippen molar-refractivity contribution < 1.29 is 30.6 Å². The van der Waals surface area contributed by atoms with Gasteiger partial charge in [-0.1, -0.05) is 6.42 Å². The van der Waals surface area contributed by atoms with Crippen LogP contribution in [-0.2, 0) is 20.3 Å². The number of alkyl halides is 3. The zero-order valence-corrected chi connectivity index (χ0v) is 14.2. The number of anilines is 1. The summed E-state index contributed by atoms with van der Waals surface area (Å²) in [5.74, 6) is -0.842. The van der Waals surface area contributed by atoms with Crippen LogP contribution < -0.4 is 9.08 Å². The summed E-state index contributed by atoms with van der Waals surface area (Å²) in [5, 5.41) is 0. The highest BCUT2D eigenvalue weighted by molar-refractivity contribution is 7.87. The number of amides is 1. The molecule has 138 valence electrons. The Morgan fingerprint density at radius 2 is 1.96 bits per heavy atom. The molecule has 7 nitrogen and oxygen atoms in total. The molecule has 1 amide bonds. The fourth-order valence-electron chi connectivity index (χ4n) is 3.50. The minimum atomic E-state index is -5.84. The highest BCUT2D eigenvalue weighted by Crippen LogP contribution is 2.54. The zero-order valence-electron chi connectivity index (χ0n) is 13.4. The highest BCUT2D eigenvalue weighted by Gasteiger charge is 2.55. The monoisotopic (exact) mass is 387 g/mol. The summed E-state index contributed by atoms with van der Waals surface area (Å²) in [6.07, 6.45) is 3.53. The quantitative estimate of drug-likeness (QED) is 0.580. The molecule has 2 aliphatic rings. The maximum absolute atomic E-state index is 12.6. The number of rotatable bonds is 2. The van der Waals surface area contributed by atoms with Gasteiger partial charge in [0.1, 0.15) is 0 Å². The lowest BCUT2D eigenvalue weighted by Gasteiger charge is -2.36. The molecule has 0 N–H and O–H groups in total. The third kappa shape index (κ3) is 2.12. The topological polar surface area (TPSA) is 89.5 Å². The van der Waals surface area contributed by atoms with Crippen LogP contribution in [0.4, 0.5) is 18.9 Å². The number of hydrogen-bond acceptors (Lipinski definition) is 6. The van der Waals surface area contributed by atoms with Gasteiger partial charge >= 0.3 is 15.6 Å². The van der Waals surface area contributed by atoms with E-state index in [0.717, 1.165) is 12.5 Å². The van der Waals surface area contributed by atoms with Gasteiger partial charge in [0, 0.05) is 18.7 Å². The maximum atomic E-state index is 12.6. The molecule has 2 aromatic heterocycles. The van der Waals surface area contributed by atoms with Crippen LogP contribution in [-0.4, -0.2) is 36.8 Å². The molecule has 0 atom stereocenters. The number of aromatic nitrogens is 2. The van der Waals surface area contributed by atoms with Crippen molar-refractivity contribution in [1.29, 1.82) is 0 Å². The van der Waals surface area contributed by atoms with Crippen LogP contribution in [0.25, 0.3) is 11.0 Å². The Labute approximate surface area is 145 Å². The minimum absolute atomic E-state index is 0.121. The molecule has 0 bridgehead atoms. The fraction of sp³-hybridized carbons (Fsp3) is 0.400. The Hall–Kier alpha value is -2.43. The number of carbonyl (C=O) groups is 1. The SMILES string of the molecule is CN1C(=O)C2(CCC2)c2c1cnc1ccc(OS(=O)(=O)C(F)(F)F)nc21. The first kappa shape index (κ1) is 17.0. The molecule has 26 heavy (non-hydrogen) atoms. The van der Waals surface area contributed by atoms with Gasteiger partial charge in [-0.15, -0.1) is 0 Å². The van der Waals surface area contributed by atoms with Crippen LogP contribution in [0, 0.1) is 0 Å². The Morgan fingerprint density at radius 1 is 1.27 bits per heavy atom. The number of hydrogen-bond donors (Lipinski definition) is 0. The number of likely N-dealkylation sites (N-methyl/N-ethyl adjacent to an activating group) is 1. The van der Waals surface area contributed by atoms with Gasteiger partial charge in [0.05, 0.1) is 28.3 Å². The zero-order chi connectivity index (χ0) is 18.9. The van der Waals surface area contributed by atoms with E-state index < -0.39 is 26.9 Å². The second-order valence-corrected chi connectivity index (χ2v) is 7.86. The van der Waals surface area contributed by atoms with E-state index in [1.165, 1.54) is 17.2 Å². The third-order valence-electron chi connectivity index (χ3n) is 4.91. The van der Waals surface area contributed by atoms with Crippen LogP contribution in [0.5, 0.6) is 5.88 Å². The number of fused-ring (bicyclic) bond motifs is 4. The van der Waals surface area contributed by atoms with Gasteiger partial charge in [-0.2, -0.15) is 21.6 Å². The molecule has 1 aliphatic heterocycles. The average Bonchev–Trinajstić information content (AvgIpc) is 2.74. The molecule has 1 saturated carbocycles. The van der Waals surface area contributed by atoms with Crippen LogP contribution in [0.15, 0.2) is 18.3 Å². The standard InChI is InChI=1S/C15H12F3N3O4S/c1-21-9-7-19-8-3-4-10(25-26(23,24)15(16,17)18)20-12(8)11(9)14(13(21)22)5-2-6-14/h3-4,7H,2,5-6H2,1H3. The Morgan fingerprint density at radius 3 is 2.54 bits per heavy atom. The van der Waals surface area contributed by atoms with Gasteiger partial charge in [0.2, 0.25) is 11.8 Å². The summed E-state index contributed by atoms with van der Waals surface area (Å²) in [7, 11) is -4.24. The fourth-order valence-corrected chi connectivity index (χ4v) is 3.91. The highest BCUT2D eigenvalue weighted by atomic mass is 32.2. The van der Waals surface area contributed by atoms with Crippen LogP contribution in [0.2, 0.25) is 0 Å². The Bertz CT molecular complexity index is 1050. The van der Waals surface area contributed by atoms with Gasteiger partial charge in [0.25, 0.3) is 0 Å². The van der Waals surface area contributed by atoms with Crippen molar-refractivity contribution in [2.75, 3.05) is 11.9 Å². The second kappa shape index (κ2) is 5.06. The first-order valence-electron chi connectivity index (χ1n) is 7.66. The van der Waals surface area contributed by atoms with E-state index in [2.05, 4.69) is 14.2 Å². The molecule has 3 heterocycles. The molecule has 0 unspecified atom stereocenters. The van der Waals surface area contributed by atoms with Gasteiger partial charge in [-0.25, -0.2) is 4.98 Å². The predicted octanol–water partition coefficient (Wildman–Crippen LogP) is 2.26. The first-order valence-corrected chi connectivity index (χ1v) is 9.07. The van der Waals surface area contributed by atoms with Crippen LogP contribution in [0.1, 0.15) is 24.8 Å². The molecule has 0 aromatic carbocycles. The Kier molecular flexibility index (Phi) is 3.31. The lowest BCUT2D eigenvalue weighted by atomic mass is 9.65. The van der Waals surface area contributed by atoms with Crippen molar-refractivity contribution in [2.24, 2.45) is 0 Å². The summed E-state index contributed by atoms with van der Waals surface area (Å²) in [5.41, 5.74) is -4.74. The molecule has 1 spiro atoms. The largest absolute Gasteiger partial charge is 0.534 e. The predicted molar refractivity (Wildman–Crippen MR) is 84.1 cm³/mol. The van der Waals surface area contributed by atoms with Gasteiger partial charge in [-0.05, 0) is 18.9 Å². The number of halogens is 3. The van der Waals surface area contributed by atoms with E-state index in [9.17, 15) is 26.4 Å². The van der Waals surface area contributed by atoms with Crippen molar-refractivity contribution in [3.8, 4) is 5.88 Å². The summed E-state index contributed by atoms with van der Waals surface area (Å²) < 4.78 is 64.2. The number of carbonyl (C=O) groups excluding carboxylic acids is 1. The van der Waals surface area contributed by atoms with Crippen molar-refractivity contribution in [2.45, 2.75) is 30.2 Å². The van der Waals surface area contributed by atoms with E-state index in [1.54, 1.807) is 7.05 Å². The molecule has 1 aliphatic carbocycles. The van der Waals surface area contributed by atoms with Gasteiger partial charge in [0.15, 0.2) is 0 Å². The molecule has 0 radical (unpaired) electrons. The van der Waals surface area contributed by atoms with E-state index in [1.807, 2.05) is 0 Å². The summed E-state index contributed by atoms with van der Waals surface area (Å²) >= 11 is 0. The minimum Gasteiger partial charge on any atom is -0.355 e.